The third kappa shape index (κ3) is 23.4. The van der Waals surface area contributed by atoms with Crippen molar-refractivity contribution in [1.29, 1.82) is 0 Å². The van der Waals surface area contributed by atoms with Crippen molar-refractivity contribution in [2.24, 2.45) is 0 Å². The van der Waals surface area contributed by atoms with E-state index in [1.54, 1.807) is 0 Å². The van der Waals surface area contributed by atoms with E-state index in [2.05, 4.69) is 0 Å². The van der Waals surface area contributed by atoms with Gasteiger partial charge in [0, 0.05) is 140 Å². The third-order valence-electron chi connectivity index (χ3n) is 0. The Bertz CT molecular complexity index is 15.5. The van der Waals surface area contributed by atoms with Gasteiger partial charge >= 0.3 is 0 Å². The zero-order valence-electron chi connectivity index (χ0n) is 2.80. The van der Waals surface area contributed by atoms with E-state index in [9.17, 15) is 0 Å². The van der Waals surface area contributed by atoms with Gasteiger partial charge in [0.05, 0.1) is 0 Å². The fourth-order valence-corrected chi connectivity index (χ4v) is 0. The Morgan fingerprint density at radius 1 is 1.00 bits per heavy atom. The summed E-state index contributed by atoms with van der Waals surface area (Å²) in [5.74, 6) is 0. The molecule has 2 radical (unpaired) electrons. The molecule has 6 heteroatoms. The molecule has 0 fully saturated rings. The summed E-state index contributed by atoms with van der Waals surface area (Å²) in [6.07, 6.45) is 0. The standard InChI is InChI=1S/Hf.Nb.Ta.Ti.W.Zr. The molecule has 0 atom stereocenters. The first-order chi connectivity index (χ1) is 0. The summed E-state index contributed by atoms with van der Waals surface area (Å²) in [5.41, 5.74) is 0. The van der Waals surface area contributed by atoms with E-state index in [0.29, 0.717) is 0 Å². The first-order valence-corrected chi connectivity index (χ1v) is 0. The zero-order chi connectivity index (χ0) is 0. The molecule has 0 nitrogen and oxygen atoms in total. The average molecular weight is 775 g/mol. The summed E-state index contributed by atoms with van der Waals surface area (Å²) in [6.45, 7) is 0. The largest absolute Gasteiger partial charge is 0 e. The molecular weight excluding hydrogens is 775 g/mol. The van der Waals surface area contributed by atoms with Gasteiger partial charge in [0.1, 0.15) is 0 Å². The maximum absolute atomic E-state index is 0. The zero-order valence-corrected chi connectivity index (χ0v) is 18.8. The van der Waals surface area contributed by atoms with Crippen molar-refractivity contribution in [3.05, 3.63) is 0 Å². The van der Waals surface area contributed by atoms with Crippen LogP contribution in [0.3, 0.4) is 0 Å². The Hall–Kier alpha value is 4.64. The predicted octanol–water partition coefficient (Wildman–Crippen LogP) is -0.0150. The van der Waals surface area contributed by atoms with Crippen molar-refractivity contribution in [2.75, 3.05) is 0 Å². The maximum Gasteiger partial charge on any atom is 0 e. The Morgan fingerprint density at radius 3 is 1.00 bits per heavy atom. The molecule has 0 unspecified atom stereocenters. The van der Waals surface area contributed by atoms with E-state index < -0.39 is 0 Å². The molecule has 0 N–H and O–H groups in total. The van der Waals surface area contributed by atoms with Crippen LogP contribution in [0.25, 0.3) is 0 Å². The Balaban J connectivity index is 0. The average Bonchev–Trinajstić information content (AvgIpc) is 0. The minimum Gasteiger partial charge on any atom is 0 e. The second kappa shape index (κ2) is 33.4. The molecule has 0 saturated carbocycles. The molecule has 28 valence electrons. The van der Waals surface area contributed by atoms with Crippen LogP contribution in [0, 0.1) is 0 Å². The molecular formula is HfNbTaTiWZr. The third-order valence-corrected chi connectivity index (χ3v) is 0. The fraction of sp³-hybridized carbons (Fsp3) is 0. The number of rotatable bonds is 0. The van der Waals surface area contributed by atoms with Crippen LogP contribution < -0.4 is 0 Å². The molecule has 0 aliphatic carbocycles. The van der Waals surface area contributed by atoms with Crippen molar-refractivity contribution in [3.63, 3.8) is 0 Å². The summed E-state index contributed by atoms with van der Waals surface area (Å²) in [6, 6.07) is 0. The van der Waals surface area contributed by atoms with Crippen LogP contribution in [0.1, 0.15) is 0 Å². The van der Waals surface area contributed by atoms with E-state index in [4.69, 9.17) is 0 Å². The quantitative estimate of drug-likeness (QED) is 0.304. The van der Waals surface area contributed by atoms with Crippen LogP contribution in [0.4, 0.5) is 0 Å². The molecule has 6 heavy (non-hydrogen) atoms. The molecule has 0 rings (SSSR count). The topological polar surface area (TPSA) is 0 Å². The van der Waals surface area contributed by atoms with E-state index >= 15 is 0 Å². The first-order valence-electron chi connectivity index (χ1n) is 0. The molecule has 0 heterocycles. The molecule has 0 aromatic heterocycles. The van der Waals surface area contributed by atoms with Gasteiger partial charge in [-0.05, 0) is 0 Å². The van der Waals surface area contributed by atoms with Crippen molar-refractivity contribution in [1.82, 2.24) is 0 Å². The van der Waals surface area contributed by atoms with Crippen LogP contribution in [0.15, 0.2) is 0 Å². The SMILES string of the molecule is [Hf].[Nb].[Ta].[Ti].[W].[Zr]. The van der Waals surface area contributed by atoms with Gasteiger partial charge in [0.25, 0.3) is 0 Å². The van der Waals surface area contributed by atoms with Crippen molar-refractivity contribution in [3.8, 4) is 0 Å². The Labute approximate surface area is 136 Å². The van der Waals surface area contributed by atoms with Crippen LogP contribution in [0.2, 0.25) is 0 Å². The van der Waals surface area contributed by atoms with Gasteiger partial charge in [-0.3, -0.25) is 0 Å². The van der Waals surface area contributed by atoms with E-state index in [-0.39, 0.29) is 140 Å². The second-order valence-electron chi connectivity index (χ2n) is 0. The van der Waals surface area contributed by atoms with E-state index in [1.807, 2.05) is 0 Å². The number of hydrogen-bond donors (Lipinski definition) is 0. The van der Waals surface area contributed by atoms with Crippen molar-refractivity contribution < 1.29 is 140 Å². The van der Waals surface area contributed by atoms with Gasteiger partial charge < -0.3 is 0 Å². The van der Waals surface area contributed by atoms with Gasteiger partial charge in [-0.25, -0.2) is 0 Å². The van der Waals surface area contributed by atoms with Crippen LogP contribution in [0.5, 0.6) is 0 Å². The van der Waals surface area contributed by atoms with Crippen LogP contribution >= 0.6 is 0 Å². The summed E-state index contributed by atoms with van der Waals surface area (Å²) in [4.78, 5) is 0. The second-order valence-corrected chi connectivity index (χ2v) is 0. The van der Waals surface area contributed by atoms with Gasteiger partial charge in [0.2, 0.25) is 0 Å². The molecule has 0 amide bonds. The number of hydrogen-bond acceptors (Lipinski definition) is 0. The van der Waals surface area contributed by atoms with Crippen LogP contribution in [-0.2, 0) is 140 Å². The monoisotopic (exact) mass is 776 g/mol. The molecule has 0 aromatic carbocycles. The molecule has 0 aliphatic rings. The van der Waals surface area contributed by atoms with E-state index in [0.717, 1.165) is 0 Å². The predicted molar refractivity (Wildman–Crippen MR) is 0 cm³/mol. The molecule has 0 aromatic rings. The molecule has 0 saturated heterocycles. The van der Waals surface area contributed by atoms with Crippen LogP contribution in [-0.4, -0.2) is 0 Å². The molecule has 0 spiro atoms. The molecule has 0 aliphatic heterocycles. The summed E-state index contributed by atoms with van der Waals surface area (Å²) >= 11 is 0. The van der Waals surface area contributed by atoms with Gasteiger partial charge in [-0.2, -0.15) is 0 Å². The van der Waals surface area contributed by atoms with Crippen molar-refractivity contribution >= 4 is 0 Å². The van der Waals surface area contributed by atoms with Gasteiger partial charge in [0.15, 0.2) is 0 Å². The maximum atomic E-state index is 0. The fourth-order valence-electron chi connectivity index (χ4n) is 0. The Morgan fingerprint density at radius 2 is 1.00 bits per heavy atom. The normalized spacial score (nSPS) is 0. The van der Waals surface area contributed by atoms with E-state index in [1.165, 1.54) is 0 Å². The summed E-state index contributed by atoms with van der Waals surface area (Å²) in [5, 5.41) is 0. The summed E-state index contributed by atoms with van der Waals surface area (Å²) < 4.78 is 0. The molecule has 0 bridgehead atoms. The minimum atomic E-state index is 0. The minimum absolute atomic E-state index is 0. The van der Waals surface area contributed by atoms with Gasteiger partial charge in [-0.1, -0.05) is 0 Å². The smallest absolute Gasteiger partial charge is 0 e. The van der Waals surface area contributed by atoms with Crippen molar-refractivity contribution in [2.45, 2.75) is 0 Å². The van der Waals surface area contributed by atoms with Gasteiger partial charge in [-0.15, -0.1) is 0 Å². The Kier molecular flexibility index (Phi) is 256. The summed E-state index contributed by atoms with van der Waals surface area (Å²) in [7, 11) is 0. The first kappa shape index (κ1) is 45.9.